The van der Waals surface area contributed by atoms with Crippen molar-refractivity contribution in [3.63, 3.8) is 0 Å². The summed E-state index contributed by atoms with van der Waals surface area (Å²) < 4.78 is 1.06. The molecule has 0 amide bonds. The Bertz CT molecular complexity index is 1480. The maximum atomic E-state index is 9.01. The summed E-state index contributed by atoms with van der Waals surface area (Å²) in [5.41, 5.74) is 10.4. The second-order valence-corrected chi connectivity index (χ2v) is 11.5. The number of rotatable bonds is 4. The first kappa shape index (κ1) is 29.7. The van der Waals surface area contributed by atoms with E-state index in [4.69, 9.17) is 10.0 Å². The van der Waals surface area contributed by atoms with Gasteiger partial charge in [-0.3, -0.25) is 9.97 Å². The first-order valence-corrected chi connectivity index (χ1v) is 14.5. The van der Waals surface area contributed by atoms with Crippen LogP contribution in [0.1, 0.15) is 73.2 Å². The second-order valence-electron chi connectivity index (χ2n) is 10.6. The third-order valence-electron chi connectivity index (χ3n) is 6.99. The van der Waals surface area contributed by atoms with Crippen LogP contribution in [0.4, 0.5) is 0 Å². The Morgan fingerprint density at radius 2 is 1.27 bits per heavy atom. The van der Waals surface area contributed by atoms with E-state index in [1.54, 1.807) is 12.1 Å². The smallest absolute Gasteiger partial charge is 0.423 e. The maximum absolute atomic E-state index is 9.01. The number of nitrogens with zero attached hydrogens (tertiary/aromatic N) is 2. The van der Waals surface area contributed by atoms with Gasteiger partial charge >= 0.3 is 7.12 Å². The number of allylic oxidation sites excluding steroid dienone is 2. The average molecular weight is 595 g/mol. The fourth-order valence-corrected chi connectivity index (χ4v) is 5.30. The zero-order chi connectivity index (χ0) is 28.6. The molecule has 0 fully saturated rings. The molecule has 0 saturated heterocycles. The number of aromatic nitrogens is 2. The van der Waals surface area contributed by atoms with Crippen LogP contribution in [-0.2, 0) is 12.8 Å². The van der Waals surface area contributed by atoms with Gasteiger partial charge in [0.15, 0.2) is 0 Å². The van der Waals surface area contributed by atoms with Crippen LogP contribution in [0, 0.1) is 0 Å². The molecule has 0 spiro atoms. The highest BCUT2D eigenvalue weighted by Crippen LogP contribution is 2.31. The largest absolute Gasteiger partial charge is 0.488 e. The summed E-state index contributed by atoms with van der Waals surface area (Å²) in [5, 5.41) is 18.0. The van der Waals surface area contributed by atoms with Gasteiger partial charge in [0, 0.05) is 22.4 Å². The number of hydrogen-bond donors (Lipinski definition) is 2. The van der Waals surface area contributed by atoms with Gasteiger partial charge in [0.05, 0.1) is 11.4 Å². The predicted molar refractivity (Wildman–Crippen MR) is 172 cm³/mol. The standard InChI is InChI=1S/C17H17N.C9H13BO2.C8H6BrN/c1-12(2)15-7-3-4-8-16(15)14-10-13-6-5-9-17(13)18-11-14;1-7(2)8-5-3-4-6-9(8)10(11)12;9-7-4-6-2-1-3-8(6)10-5-7/h3-5,7-12H,6H2,1-2H3;3-7,11-12H,1-2H3;1,3-5H,2H2. The molecule has 2 N–H and O–H groups in total. The molecule has 2 aliphatic rings. The summed E-state index contributed by atoms with van der Waals surface area (Å²) in [6, 6.07) is 20.4. The van der Waals surface area contributed by atoms with E-state index >= 15 is 0 Å². The highest BCUT2D eigenvalue weighted by Gasteiger charge is 2.16. The Morgan fingerprint density at radius 3 is 1.88 bits per heavy atom. The molecule has 0 unspecified atom stereocenters. The Balaban J connectivity index is 0.000000147. The lowest BCUT2D eigenvalue weighted by molar-refractivity contribution is 0.425. The average Bonchev–Trinajstić information content (AvgIpc) is 3.62. The van der Waals surface area contributed by atoms with E-state index < -0.39 is 7.12 Å². The minimum atomic E-state index is -1.36. The topological polar surface area (TPSA) is 66.2 Å². The zero-order valence-electron chi connectivity index (χ0n) is 23.6. The van der Waals surface area contributed by atoms with Crippen molar-refractivity contribution in [1.82, 2.24) is 9.97 Å². The van der Waals surface area contributed by atoms with Gasteiger partial charge in [0.2, 0.25) is 0 Å². The van der Waals surface area contributed by atoms with Gasteiger partial charge in [-0.05, 0) is 98.2 Å². The van der Waals surface area contributed by atoms with Crippen LogP contribution in [0.2, 0.25) is 0 Å². The highest BCUT2D eigenvalue weighted by molar-refractivity contribution is 9.10. The molecule has 0 bridgehead atoms. The van der Waals surface area contributed by atoms with Gasteiger partial charge in [-0.2, -0.15) is 0 Å². The SMILES string of the molecule is Brc1cnc2c(c1)CC=C2.CC(C)c1ccccc1-c1cnc2c(c1)CC=C2.CC(C)c1ccccc1B(O)O. The van der Waals surface area contributed by atoms with Crippen LogP contribution in [0.5, 0.6) is 0 Å². The monoisotopic (exact) mass is 594 g/mol. The predicted octanol–water partition coefficient (Wildman–Crippen LogP) is 7.34. The summed E-state index contributed by atoms with van der Waals surface area (Å²) in [4.78, 5) is 8.77. The van der Waals surface area contributed by atoms with Crippen LogP contribution in [0.3, 0.4) is 0 Å². The third-order valence-corrected chi connectivity index (χ3v) is 7.42. The van der Waals surface area contributed by atoms with E-state index in [2.05, 4.69) is 100 Å². The van der Waals surface area contributed by atoms with E-state index in [1.165, 1.54) is 27.8 Å². The van der Waals surface area contributed by atoms with Crippen LogP contribution in [-0.4, -0.2) is 27.1 Å². The zero-order valence-corrected chi connectivity index (χ0v) is 25.1. The molecule has 0 saturated carbocycles. The van der Waals surface area contributed by atoms with E-state index in [0.717, 1.165) is 34.3 Å². The molecule has 2 aliphatic carbocycles. The number of halogens is 1. The van der Waals surface area contributed by atoms with Gasteiger partial charge in [0.25, 0.3) is 0 Å². The third kappa shape index (κ3) is 7.45. The number of benzene rings is 2. The van der Waals surface area contributed by atoms with Crippen molar-refractivity contribution in [3.05, 3.63) is 123 Å². The van der Waals surface area contributed by atoms with Crippen molar-refractivity contribution < 1.29 is 10.0 Å². The summed E-state index contributed by atoms with van der Waals surface area (Å²) in [7, 11) is -1.36. The van der Waals surface area contributed by atoms with Crippen molar-refractivity contribution in [2.75, 3.05) is 0 Å². The van der Waals surface area contributed by atoms with Gasteiger partial charge in [-0.1, -0.05) is 88.4 Å². The van der Waals surface area contributed by atoms with Crippen LogP contribution in [0.25, 0.3) is 23.3 Å². The Morgan fingerprint density at radius 1 is 0.725 bits per heavy atom. The molecule has 204 valence electrons. The number of hydrogen-bond acceptors (Lipinski definition) is 4. The molecule has 2 aromatic carbocycles. The van der Waals surface area contributed by atoms with E-state index in [0.29, 0.717) is 17.3 Å². The molecule has 2 heterocycles. The van der Waals surface area contributed by atoms with E-state index in [1.807, 2.05) is 38.4 Å². The van der Waals surface area contributed by atoms with Crippen LogP contribution < -0.4 is 5.46 Å². The first-order valence-electron chi connectivity index (χ1n) is 13.7. The molecule has 40 heavy (non-hydrogen) atoms. The van der Waals surface area contributed by atoms with Crippen molar-refractivity contribution in [1.29, 1.82) is 0 Å². The molecule has 6 heteroatoms. The van der Waals surface area contributed by atoms with E-state index in [-0.39, 0.29) is 0 Å². The molecule has 0 aliphatic heterocycles. The van der Waals surface area contributed by atoms with Gasteiger partial charge in [-0.15, -0.1) is 0 Å². The van der Waals surface area contributed by atoms with E-state index in [9.17, 15) is 0 Å². The van der Waals surface area contributed by atoms with Crippen molar-refractivity contribution >= 4 is 40.7 Å². The second kappa shape index (κ2) is 13.8. The summed E-state index contributed by atoms with van der Waals surface area (Å²) in [5.74, 6) is 0.857. The molecule has 4 nitrogen and oxygen atoms in total. The normalized spacial score (nSPS) is 12.4. The summed E-state index contributed by atoms with van der Waals surface area (Å²) >= 11 is 3.37. The van der Waals surface area contributed by atoms with Crippen LogP contribution in [0.15, 0.2) is 89.7 Å². The van der Waals surface area contributed by atoms with Crippen molar-refractivity contribution in [2.24, 2.45) is 0 Å². The molecule has 6 rings (SSSR count). The maximum Gasteiger partial charge on any atom is 0.488 e. The lowest BCUT2D eigenvalue weighted by atomic mass is 9.74. The van der Waals surface area contributed by atoms with Crippen molar-refractivity contribution in [3.8, 4) is 11.1 Å². The fourth-order valence-electron chi connectivity index (χ4n) is 4.92. The lowest BCUT2D eigenvalue weighted by Crippen LogP contribution is -2.33. The fraction of sp³-hybridized carbons (Fsp3) is 0.235. The number of pyridine rings is 2. The lowest BCUT2D eigenvalue weighted by Gasteiger charge is -2.13. The minimum Gasteiger partial charge on any atom is -0.423 e. The molecule has 2 aromatic heterocycles. The number of fused-ring (bicyclic) bond motifs is 2. The van der Waals surface area contributed by atoms with Crippen LogP contribution >= 0.6 is 15.9 Å². The minimum absolute atomic E-state index is 0.322. The quantitative estimate of drug-likeness (QED) is 0.242. The summed E-state index contributed by atoms with van der Waals surface area (Å²) in [6.07, 6.45) is 14.3. The Labute approximate surface area is 246 Å². The highest BCUT2D eigenvalue weighted by atomic mass is 79.9. The first-order chi connectivity index (χ1) is 19.2. The molecule has 4 aromatic rings. The molecule has 0 radical (unpaired) electrons. The summed E-state index contributed by atoms with van der Waals surface area (Å²) in [6.45, 7) is 8.53. The Hall–Kier alpha value is -3.32. The van der Waals surface area contributed by atoms with Crippen molar-refractivity contribution in [2.45, 2.75) is 52.4 Å². The Kier molecular flexibility index (Phi) is 10.3. The van der Waals surface area contributed by atoms with Gasteiger partial charge in [-0.25, -0.2) is 0 Å². The van der Waals surface area contributed by atoms with Gasteiger partial charge in [0.1, 0.15) is 0 Å². The molecule has 0 atom stereocenters. The molecular formula is C34H36BBrN2O2. The van der Waals surface area contributed by atoms with Gasteiger partial charge < -0.3 is 10.0 Å². The molecular weight excluding hydrogens is 559 g/mol.